The summed E-state index contributed by atoms with van der Waals surface area (Å²) in [6.07, 6.45) is 0.259. The lowest BCUT2D eigenvalue weighted by molar-refractivity contribution is 0.0663. The topological polar surface area (TPSA) is 50.4 Å². The van der Waals surface area contributed by atoms with Gasteiger partial charge in [-0.2, -0.15) is 0 Å². The molecule has 1 heterocycles. The van der Waals surface area contributed by atoms with Crippen LogP contribution in [0.3, 0.4) is 0 Å². The molecule has 0 atom stereocenters. The summed E-state index contributed by atoms with van der Waals surface area (Å²) in [5, 5.41) is 8.76. The van der Waals surface area contributed by atoms with Crippen LogP contribution in [0, 0.1) is 11.6 Å². The van der Waals surface area contributed by atoms with Crippen LogP contribution in [0.5, 0.6) is 0 Å². The van der Waals surface area contributed by atoms with Gasteiger partial charge in [-0.3, -0.25) is 0 Å². The fraction of sp³-hybridized carbons (Fsp3) is 0.182. The van der Waals surface area contributed by atoms with E-state index in [0.717, 1.165) is 12.1 Å². The van der Waals surface area contributed by atoms with Crippen molar-refractivity contribution in [2.24, 2.45) is 0 Å². The van der Waals surface area contributed by atoms with E-state index in [-0.39, 0.29) is 23.0 Å². The minimum atomic E-state index is -1.33. The van der Waals surface area contributed by atoms with E-state index in [4.69, 9.17) is 9.52 Å². The number of carboxylic acid groups (broad SMARTS) is 1. The molecule has 0 saturated heterocycles. The molecule has 0 fully saturated rings. The first kappa shape index (κ1) is 10.6. The molecule has 0 aliphatic heterocycles. The average molecular weight is 226 g/mol. The van der Waals surface area contributed by atoms with Gasteiger partial charge in [0.1, 0.15) is 5.82 Å². The molecular weight excluding hydrogens is 218 g/mol. The molecule has 0 aliphatic rings. The van der Waals surface area contributed by atoms with Gasteiger partial charge in [0.25, 0.3) is 0 Å². The molecule has 1 aromatic carbocycles. The molecule has 16 heavy (non-hydrogen) atoms. The predicted octanol–water partition coefficient (Wildman–Crippen LogP) is 2.97. The van der Waals surface area contributed by atoms with Crippen molar-refractivity contribution in [3.05, 3.63) is 35.1 Å². The number of halogens is 2. The highest BCUT2D eigenvalue weighted by Crippen LogP contribution is 2.30. The molecule has 1 N–H and O–H groups in total. The van der Waals surface area contributed by atoms with Crippen LogP contribution in [0.15, 0.2) is 16.5 Å². The van der Waals surface area contributed by atoms with Crippen molar-refractivity contribution in [2.75, 3.05) is 0 Å². The predicted molar refractivity (Wildman–Crippen MR) is 52.5 cm³/mol. The second-order valence-corrected chi connectivity index (χ2v) is 3.30. The highest BCUT2D eigenvalue weighted by atomic mass is 19.1. The van der Waals surface area contributed by atoms with Gasteiger partial charge < -0.3 is 9.52 Å². The average Bonchev–Trinajstić information content (AvgIpc) is 2.64. The number of benzene rings is 1. The summed E-state index contributed by atoms with van der Waals surface area (Å²) in [4.78, 5) is 10.8. The Balaban J connectivity index is 2.92. The van der Waals surface area contributed by atoms with Gasteiger partial charge in [-0.05, 0) is 18.6 Å². The molecule has 0 radical (unpaired) electrons. The number of aryl methyl sites for hydroxylation is 1. The van der Waals surface area contributed by atoms with Gasteiger partial charge in [0.2, 0.25) is 5.76 Å². The largest absolute Gasteiger partial charge is 0.475 e. The number of carboxylic acids is 1. The molecule has 2 rings (SSSR count). The van der Waals surface area contributed by atoms with Gasteiger partial charge >= 0.3 is 5.97 Å². The molecule has 0 spiro atoms. The fourth-order valence-electron chi connectivity index (χ4n) is 1.70. The molecular formula is C11H8F2O3. The third kappa shape index (κ3) is 1.36. The Labute approximate surface area is 89.3 Å². The number of aromatic carboxylic acids is 1. The van der Waals surface area contributed by atoms with E-state index in [9.17, 15) is 13.6 Å². The van der Waals surface area contributed by atoms with Gasteiger partial charge in [-0.1, -0.05) is 6.92 Å². The molecule has 1 aromatic heterocycles. The Morgan fingerprint density at radius 3 is 2.56 bits per heavy atom. The summed E-state index contributed by atoms with van der Waals surface area (Å²) in [6.45, 7) is 1.65. The summed E-state index contributed by atoms with van der Waals surface area (Å²) in [5.74, 6) is -3.17. The van der Waals surface area contributed by atoms with E-state index in [1.54, 1.807) is 6.92 Å². The normalized spacial score (nSPS) is 10.9. The third-order valence-electron chi connectivity index (χ3n) is 2.39. The number of fused-ring (bicyclic) bond motifs is 1. The zero-order chi connectivity index (χ0) is 11.9. The second kappa shape index (κ2) is 3.59. The third-order valence-corrected chi connectivity index (χ3v) is 2.39. The van der Waals surface area contributed by atoms with Crippen LogP contribution in [0.1, 0.15) is 23.0 Å². The zero-order valence-corrected chi connectivity index (χ0v) is 8.38. The van der Waals surface area contributed by atoms with Crippen LogP contribution in [-0.4, -0.2) is 11.1 Å². The number of furan rings is 1. The second-order valence-electron chi connectivity index (χ2n) is 3.30. The van der Waals surface area contributed by atoms with Crippen LogP contribution >= 0.6 is 0 Å². The van der Waals surface area contributed by atoms with Crippen molar-refractivity contribution in [3.8, 4) is 0 Å². The van der Waals surface area contributed by atoms with Crippen molar-refractivity contribution >= 4 is 16.9 Å². The van der Waals surface area contributed by atoms with Crippen molar-refractivity contribution in [3.63, 3.8) is 0 Å². The molecule has 3 nitrogen and oxygen atoms in total. The lowest BCUT2D eigenvalue weighted by atomic mass is 10.1. The Hall–Kier alpha value is -1.91. The highest BCUT2D eigenvalue weighted by Gasteiger charge is 2.23. The first-order valence-corrected chi connectivity index (χ1v) is 4.69. The van der Waals surface area contributed by atoms with Crippen molar-refractivity contribution in [1.82, 2.24) is 0 Å². The van der Waals surface area contributed by atoms with E-state index >= 15 is 0 Å². The van der Waals surface area contributed by atoms with Crippen LogP contribution in [-0.2, 0) is 6.42 Å². The van der Waals surface area contributed by atoms with Crippen LogP contribution in [0.4, 0.5) is 8.78 Å². The number of hydrogen-bond acceptors (Lipinski definition) is 2. The zero-order valence-electron chi connectivity index (χ0n) is 8.38. The maximum atomic E-state index is 13.5. The molecule has 2 aromatic rings. The van der Waals surface area contributed by atoms with E-state index in [2.05, 4.69) is 0 Å². The van der Waals surface area contributed by atoms with Crippen LogP contribution in [0.25, 0.3) is 11.0 Å². The van der Waals surface area contributed by atoms with Crippen LogP contribution < -0.4 is 0 Å². The number of rotatable bonds is 2. The minimum Gasteiger partial charge on any atom is -0.475 e. The van der Waals surface area contributed by atoms with Crippen molar-refractivity contribution in [2.45, 2.75) is 13.3 Å². The van der Waals surface area contributed by atoms with E-state index in [1.165, 1.54) is 0 Å². The maximum Gasteiger partial charge on any atom is 0.372 e. The van der Waals surface area contributed by atoms with E-state index < -0.39 is 23.4 Å². The summed E-state index contributed by atoms with van der Waals surface area (Å²) >= 11 is 0. The Morgan fingerprint density at radius 2 is 2.00 bits per heavy atom. The van der Waals surface area contributed by atoms with Crippen molar-refractivity contribution < 1.29 is 23.1 Å². The van der Waals surface area contributed by atoms with E-state index in [1.807, 2.05) is 0 Å². The number of hydrogen-bond donors (Lipinski definition) is 1. The van der Waals surface area contributed by atoms with Gasteiger partial charge in [-0.25, -0.2) is 13.6 Å². The Morgan fingerprint density at radius 1 is 1.38 bits per heavy atom. The summed E-state index contributed by atoms with van der Waals surface area (Å²) in [7, 11) is 0. The number of carbonyl (C=O) groups is 1. The van der Waals surface area contributed by atoms with Gasteiger partial charge in [0.05, 0.1) is 5.39 Å². The summed E-state index contributed by atoms with van der Waals surface area (Å²) in [6, 6.07) is 1.87. The molecule has 0 amide bonds. The molecule has 84 valence electrons. The smallest absolute Gasteiger partial charge is 0.372 e. The molecule has 0 unspecified atom stereocenters. The Kier molecular flexibility index (Phi) is 2.38. The SMILES string of the molecule is CCc1c(C(=O)O)oc2c(F)ccc(F)c12. The quantitative estimate of drug-likeness (QED) is 0.856. The first-order chi connectivity index (χ1) is 7.56. The molecule has 0 saturated carbocycles. The summed E-state index contributed by atoms with van der Waals surface area (Å²) < 4.78 is 31.6. The lowest BCUT2D eigenvalue weighted by Gasteiger charge is -1.95. The summed E-state index contributed by atoms with van der Waals surface area (Å²) in [5.41, 5.74) is -0.159. The van der Waals surface area contributed by atoms with Crippen LogP contribution in [0.2, 0.25) is 0 Å². The monoisotopic (exact) mass is 226 g/mol. The van der Waals surface area contributed by atoms with Gasteiger partial charge in [0.15, 0.2) is 11.4 Å². The molecule has 0 bridgehead atoms. The molecule has 0 aliphatic carbocycles. The van der Waals surface area contributed by atoms with Gasteiger partial charge in [0, 0.05) is 5.56 Å². The Bertz CT molecular complexity index is 572. The fourth-order valence-corrected chi connectivity index (χ4v) is 1.70. The first-order valence-electron chi connectivity index (χ1n) is 4.69. The van der Waals surface area contributed by atoms with E-state index in [0.29, 0.717) is 0 Å². The lowest BCUT2D eigenvalue weighted by Crippen LogP contribution is -1.98. The standard InChI is InChI=1S/C11H8F2O3/c1-2-5-8-6(12)3-4-7(13)10(8)16-9(5)11(14)15/h3-4H,2H2,1H3,(H,14,15). The van der Waals surface area contributed by atoms with Crippen molar-refractivity contribution in [1.29, 1.82) is 0 Å². The maximum absolute atomic E-state index is 13.5. The molecule has 5 heteroatoms. The highest BCUT2D eigenvalue weighted by molar-refractivity contribution is 5.95. The van der Waals surface area contributed by atoms with Gasteiger partial charge in [-0.15, -0.1) is 0 Å². The minimum absolute atomic E-state index is 0.0834.